The Hall–Kier alpha value is 0.0700. The van der Waals surface area contributed by atoms with E-state index in [2.05, 4.69) is 12.2 Å². The van der Waals surface area contributed by atoms with Crippen molar-refractivity contribution < 1.29 is 4.21 Å². The Bertz CT molecular complexity index is 151. The van der Waals surface area contributed by atoms with Gasteiger partial charge in [0.1, 0.15) is 0 Å². The summed E-state index contributed by atoms with van der Waals surface area (Å²) in [5.41, 5.74) is 0. The Morgan fingerprint density at radius 3 is 3.00 bits per heavy atom. The van der Waals surface area contributed by atoms with Crippen molar-refractivity contribution in [2.45, 2.75) is 19.9 Å². The molecule has 0 bridgehead atoms. The highest BCUT2D eigenvalue weighted by atomic mass is 32.2. The first-order valence-electron chi connectivity index (χ1n) is 4.11. The third-order valence-electron chi connectivity index (χ3n) is 1.87. The topological polar surface area (TPSA) is 32.3 Å². The van der Waals surface area contributed by atoms with Gasteiger partial charge in [0.25, 0.3) is 0 Å². The average Bonchev–Trinajstić information content (AvgIpc) is 2.03. The maximum absolute atomic E-state index is 11.3. The van der Waals surface area contributed by atoms with Crippen LogP contribution in [0.2, 0.25) is 0 Å². The molecule has 3 nitrogen and oxygen atoms in total. The summed E-state index contributed by atoms with van der Waals surface area (Å²) in [6, 6.07) is 0.485. The summed E-state index contributed by atoms with van der Waals surface area (Å²) in [6.07, 6.45) is 0. The van der Waals surface area contributed by atoms with Gasteiger partial charge >= 0.3 is 0 Å². The summed E-state index contributed by atoms with van der Waals surface area (Å²) in [6.45, 7) is 6.89. The van der Waals surface area contributed by atoms with Crippen LogP contribution in [0.5, 0.6) is 0 Å². The average molecular weight is 176 g/mol. The Labute approximate surface area is 70.7 Å². The highest BCUT2D eigenvalue weighted by Gasteiger charge is 2.18. The first kappa shape index (κ1) is 9.16. The molecule has 66 valence electrons. The van der Waals surface area contributed by atoms with Crippen LogP contribution in [-0.2, 0) is 11.0 Å². The summed E-state index contributed by atoms with van der Waals surface area (Å²) in [5.74, 6) is 0.743. The van der Waals surface area contributed by atoms with E-state index < -0.39 is 11.0 Å². The summed E-state index contributed by atoms with van der Waals surface area (Å²) < 4.78 is 13.4. The van der Waals surface area contributed by atoms with Crippen LogP contribution in [0, 0.1) is 0 Å². The van der Waals surface area contributed by atoms with Crippen molar-refractivity contribution in [1.82, 2.24) is 9.62 Å². The van der Waals surface area contributed by atoms with Crippen LogP contribution < -0.4 is 5.32 Å². The highest BCUT2D eigenvalue weighted by Crippen LogP contribution is 2.01. The second-order valence-corrected chi connectivity index (χ2v) is 4.59. The minimum Gasteiger partial charge on any atom is -0.312 e. The third kappa shape index (κ3) is 2.54. The predicted molar refractivity (Wildman–Crippen MR) is 47.7 cm³/mol. The molecule has 0 radical (unpaired) electrons. The fraction of sp³-hybridized carbons (Fsp3) is 1.00. The molecule has 0 aliphatic carbocycles. The summed E-state index contributed by atoms with van der Waals surface area (Å²) in [7, 11) is -0.741. The molecule has 2 unspecified atom stereocenters. The van der Waals surface area contributed by atoms with E-state index in [-0.39, 0.29) is 0 Å². The van der Waals surface area contributed by atoms with Gasteiger partial charge in [-0.1, -0.05) is 6.92 Å². The largest absolute Gasteiger partial charge is 0.312 e. The molecule has 0 aromatic heterocycles. The lowest BCUT2D eigenvalue weighted by atomic mass is 10.3. The van der Waals surface area contributed by atoms with Gasteiger partial charge in [-0.15, -0.1) is 0 Å². The zero-order valence-corrected chi connectivity index (χ0v) is 7.99. The van der Waals surface area contributed by atoms with Gasteiger partial charge in [-0.2, -0.15) is 0 Å². The van der Waals surface area contributed by atoms with Crippen molar-refractivity contribution in [3.8, 4) is 0 Å². The Morgan fingerprint density at radius 1 is 1.73 bits per heavy atom. The van der Waals surface area contributed by atoms with Gasteiger partial charge in [0.2, 0.25) is 0 Å². The number of hydrogen-bond acceptors (Lipinski definition) is 2. The lowest BCUT2D eigenvalue weighted by Gasteiger charge is -2.30. The van der Waals surface area contributed by atoms with E-state index in [9.17, 15) is 4.21 Å². The Balaban J connectivity index is 2.39. The van der Waals surface area contributed by atoms with Crippen LogP contribution in [0.4, 0.5) is 0 Å². The van der Waals surface area contributed by atoms with E-state index in [0.717, 1.165) is 25.4 Å². The predicted octanol–water partition coefficient (Wildman–Crippen LogP) is -0.0363. The molecule has 4 heteroatoms. The summed E-state index contributed by atoms with van der Waals surface area (Å²) in [5, 5.41) is 3.31. The smallest absolute Gasteiger partial charge is 0.0940 e. The van der Waals surface area contributed by atoms with E-state index in [1.807, 2.05) is 11.2 Å². The van der Waals surface area contributed by atoms with Crippen LogP contribution in [0.25, 0.3) is 0 Å². The van der Waals surface area contributed by atoms with Crippen molar-refractivity contribution >= 4 is 11.0 Å². The maximum atomic E-state index is 11.3. The molecule has 1 fully saturated rings. The van der Waals surface area contributed by atoms with Gasteiger partial charge in [-0.25, -0.2) is 8.51 Å². The van der Waals surface area contributed by atoms with Gasteiger partial charge in [-0.3, -0.25) is 0 Å². The molecule has 1 heterocycles. The minimum atomic E-state index is -0.741. The number of nitrogens with one attached hydrogen (secondary N) is 1. The number of nitrogens with zero attached hydrogens (tertiary/aromatic N) is 1. The molecule has 1 saturated heterocycles. The van der Waals surface area contributed by atoms with Crippen LogP contribution in [0.1, 0.15) is 13.8 Å². The second-order valence-electron chi connectivity index (χ2n) is 2.85. The molecular formula is C7H16N2OS. The fourth-order valence-corrected chi connectivity index (χ4v) is 2.31. The van der Waals surface area contributed by atoms with Crippen LogP contribution in [0.3, 0.4) is 0 Å². The summed E-state index contributed by atoms with van der Waals surface area (Å²) in [4.78, 5) is 0. The molecule has 0 aromatic carbocycles. The first-order chi connectivity index (χ1) is 5.24. The lowest BCUT2D eigenvalue weighted by Crippen LogP contribution is -2.49. The molecule has 1 aliphatic heterocycles. The van der Waals surface area contributed by atoms with Gasteiger partial charge in [0.15, 0.2) is 0 Å². The van der Waals surface area contributed by atoms with E-state index in [4.69, 9.17) is 0 Å². The highest BCUT2D eigenvalue weighted by molar-refractivity contribution is 7.82. The van der Waals surface area contributed by atoms with Gasteiger partial charge in [-0.05, 0) is 6.92 Å². The molecule has 1 N–H and O–H groups in total. The molecule has 0 saturated carbocycles. The SMILES string of the molecule is CCS(=O)N1CCNC(C)C1. The Morgan fingerprint density at radius 2 is 2.45 bits per heavy atom. The van der Waals surface area contributed by atoms with E-state index in [1.54, 1.807) is 0 Å². The maximum Gasteiger partial charge on any atom is 0.0940 e. The van der Waals surface area contributed by atoms with Gasteiger partial charge in [0.05, 0.1) is 11.0 Å². The fourth-order valence-electron chi connectivity index (χ4n) is 1.26. The Kier molecular flexibility index (Phi) is 3.48. The number of piperazine rings is 1. The van der Waals surface area contributed by atoms with E-state index in [1.165, 1.54) is 0 Å². The molecule has 1 rings (SSSR count). The van der Waals surface area contributed by atoms with Crippen molar-refractivity contribution in [2.75, 3.05) is 25.4 Å². The minimum absolute atomic E-state index is 0.485. The zero-order valence-electron chi connectivity index (χ0n) is 7.17. The van der Waals surface area contributed by atoms with E-state index in [0.29, 0.717) is 6.04 Å². The zero-order chi connectivity index (χ0) is 8.27. The second kappa shape index (κ2) is 4.18. The normalized spacial score (nSPS) is 30.2. The molecule has 1 aliphatic rings. The van der Waals surface area contributed by atoms with Gasteiger partial charge in [0, 0.05) is 31.4 Å². The van der Waals surface area contributed by atoms with Gasteiger partial charge < -0.3 is 5.32 Å². The van der Waals surface area contributed by atoms with Crippen molar-refractivity contribution in [2.24, 2.45) is 0 Å². The van der Waals surface area contributed by atoms with Crippen LogP contribution in [-0.4, -0.2) is 39.9 Å². The number of hydrogen-bond donors (Lipinski definition) is 1. The molecule has 0 aromatic rings. The van der Waals surface area contributed by atoms with Crippen LogP contribution >= 0.6 is 0 Å². The van der Waals surface area contributed by atoms with Crippen LogP contribution in [0.15, 0.2) is 0 Å². The summed E-state index contributed by atoms with van der Waals surface area (Å²) >= 11 is 0. The molecule has 0 spiro atoms. The lowest BCUT2D eigenvalue weighted by molar-refractivity contribution is 0.324. The first-order valence-corrected chi connectivity index (χ1v) is 5.38. The molecule has 11 heavy (non-hydrogen) atoms. The number of rotatable bonds is 2. The third-order valence-corrected chi connectivity index (χ3v) is 3.27. The van der Waals surface area contributed by atoms with E-state index >= 15 is 0 Å². The van der Waals surface area contributed by atoms with Crippen molar-refractivity contribution in [3.63, 3.8) is 0 Å². The standard InChI is InChI=1S/C7H16N2OS/c1-3-11(10)9-5-4-8-7(2)6-9/h7-8H,3-6H2,1-2H3. The molecular weight excluding hydrogens is 160 g/mol. The van der Waals surface area contributed by atoms with Crippen molar-refractivity contribution in [3.05, 3.63) is 0 Å². The quantitative estimate of drug-likeness (QED) is 0.640. The monoisotopic (exact) mass is 176 g/mol. The van der Waals surface area contributed by atoms with Crippen molar-refractivity contribution in [1.29, 1.82) is 0 Å². The molecule has 2 atom stereocenters. The molecule has 0 amide bonds.